The average Bonchev–Trinajstić information content (AvgIpc) is 2.38. The van der Waals surface area contributed by atoms with Crippen LogP contribution in [0.15, 0.2) is 24.5 Å². The third kappa shape index (κ3) is 7.43. The van der Waals surface area contributed by atoms with Gasteiger partial charge >= 0.3 is 0 Å². The first kappa shape index (κ1) is 16.5. The maximum Gasteiger partial charge on any atom is 0.249 e. The van der Waals surface area contributed by atoms with E-state index in [2.05, 4.69) is 45.9 Å². The molecule has 0 saturated carbocycles. The van der Waals surface area contributed by atoms with Crippen molar-refractivity contribution in [3.63, 3.8) is 0 Å². The van der Waals surface area contributed by atoms with Crippen LogP contribution in [0, 0.1) is 0 Å². The van der Waals surface area contributed by atoms with Crippen molar-refractivity contribution < 1.29 is 4.43 Å². The van der Waals surface area contributed by atoms with Gasteiger partial charge in [-0.1, -0.05) is 52.7 Å². The predicted octanol–water partition coefficient (Wildman–Crippen LogP) is 5.66. The molecule has 0 rings (SSSR count). The van der Waals surface area contributed by atoms with Gasteiger partial charge in [0.25, 0.3) is 0 Å². The first-order chi connectivity index (χ1) is 8.24. The van der Waals surface area contributed by atoms with Crippen LogP contribution in [0.5, 0.6) is 0 Å². The lowest BCUT2D eigenvalue weighted by Gasteiger charge is -2.26. The minimum absolute atomic E-state index is 1.19. The smallest absolute Gasteiger partial charge is 0.249 e. The summed E-state index contributed by atoms with van der Waals surface area (Å²) in [6.45, 7) is 9.01. The van der Waals surface area contributed by atoms with Gasteiger partial charge in [-0.2, -0.15) is 0 Å². The Bertz CT molecular complexity index is 209. The maximum absolute atomic E-state index is 6.01. The molecule has 0 bridgehead atoms. The second kappa shape index (κ2) is 10.6. The minimum atomic E-state index is -1.42. The molecule has 0 radical (unpaired) electrons. The SMILES string of the molecule is CCCCC/C=C/C=C/O[Si](CC)(CC)CC. The topological polar surface area (TPSA) is 9.23 Å². The summed E-state index contributed by atoms with van der Waals surface area (Å²) in [5.74, 6) is 0. The molecular weight excluding hydrogens is 224 g/mol. The van der Waals surface area contributed by atoms with Gasteiger partial charge < -0.3 is 4.43 Å². The zero-order valence-electron chi connectivity index (χ0n) is 12.2. The van der Waals surface area contributed by atoms with E-state index in [0.29, 0.717) is 0 Å². The van der Waals surface area contributed by atoms with E-state index in [1.165, 1.54) is 43.8 Å². The summed E-state index contributed by atoms with van der Waals surface area (Å²) < 4.78 is 6.01. The molecule has 0 saturated heterocycles. The number of hydrogen-bond acceptors (Lipinski definition) is 1. The van der Waals surface area contributed by atoms with Crippen molar-refractivity contribution in [1.82, 2.24) is 0 Å². The van der Waals surface area contributed by atoms with Gasteiger partial charge in [-0.15, -0.1) is 0 Å². The van der Waals surface area contributed by atoms with Crippen LogP contribution in [0.2, 0.25) is 18.1 Å². The first-order valence-corrected chi connectivity index (χ1v) is 9.77. The van der Waals surface area contributed by atoms with Gasteiger partial charge in [0.1, 0.15) is 0 Å². The summed E-state index contributed by atoms with van der Waals surface area (Å²) in [5.41, 5.74) is 0. The first-order valence-electron chi connectivity index (χ1n) is 7.24. The van der Waals surface area contributed by atoms with E-state index in [0.717, 1.165) is 0 Å². The Labute approximate surface area is 109 Å². The van der Waals surface area contributed by atoms with Crippen molar-refractivity contribution in [2.75, 3.05) is 0 Å². The Hall–Kier alpha value is -0.503. The molecule has 0 fully saturated rings. The molecule has 0 aliphatic carbocycles. The van der Waals surface area contributed by atoms with Crippen LogP contribution in [0.1, 0.15) is 53.4 Å². The van der Waals surface area contributed by atoms with Crippen molar-refractivity contribution in [3.8, 4) is 0 Å². The lowest BCUT2D eigenvalue weighted by molar-refractivity contribution is 0.458. The number of hydrogen-bond donors (Lipinski definition) is 0. The molecule has 0 spiro atoms. The molecular formula is C15H30OSi. The van der Waals surface area contributed by atoms with Crippen molar-refractivity contribution in [2.45, 2.75) is 71.5 Å². The molecule has 1 nitrogen and oxygen atoms in total. The van der Waals surface area contributed by atoms with E-state index < -0.39 is 8.32 Å². The normalized spacial score (nSPS) is 12.7. The monoisotopic (exact) mass is 254 g/mol. The molecule has 0 aromatic heterocycles. The number of allylic oxidation sites excluding steroid dienone is 3. The zero-order chi connectivity index (χ0) is 13.0. The van der Waals surface area contributed by atoms with Gasteiger partial charge in [0.2, 0.25) is 8.32 Å². The van der Waals surface area contributed by atoms with Crippen LogP contribution >= 0.6 is 0 Å². The standard InChI is InChI=1S/C15H30OSi/c1-5-9-10-11-12-13-14-15-16-17(6-2,7-3)8-4/h12-15H,5-11H2,1-4H3/b13-12+,15-14+. The molecule has 0 N–H and O–H groups in total. The molecule has 0 aliphatic heterocycles. The van der Waals surface area contributed by atoms with Crippen LogP contribution in [0.4, 0.5) is 0 Å². The van der Waals surface area contributed by atoms with E-state index in [9.17, 15) is 0 Å². The summed E-state index contributed by atoms with van der Waals surface area (Å²) in [6.07, 6.45) is 13.5. The Morgan fingerprint density at radius 3 is 2.06 bits per heavy atom. The fourth-order valence-corrected chi connectivity index (χ4v) is 4.28. The minimum Gasteiger partial charge on any atom is -0.549 e. The largest absolute Gasteiger partial charge is 0.549 e. The van der Waals surface area contributed by atoms with Crippen molar-refractivity contribution in [2.24, 2.45) is 0 Å². The average molecular weight is 254 g/mol. The van der Waals surface area contributed by atoms with Crippen molar-refractivity contribution >= 4 is 8.32 Å². The molecule has 0 heterocycles. The summed E-state index contributed by atoms with van der Waals surface area (Å²) in [4.78, 5) is 0. The lowest BCUT2D eigenvalue weighted by atomic mass is 10.2. The summed E-state index contributed by atoms with van der Waals surface area (Å²) in [6, 6.07) is 3.64. The quantitative estimate of drug-likeness (QED) is 0.211. The van der Waals surface area contributed by atoms with Gasteiger partial charge in [-0.05, 0) is 37.0 Å². The summed E-state index contributed by atoms with van der Waals surface area (Å²) in [7, 11) is -1.42. The Balaban J connectivity index is 3.85. The number of unbranched alkanes of at least 4 members (excludes halogenated alkanes) is 3. The van der Waals surface area contributed by atoms with E-state index in [4.69, 9.17) is 4.43 Å². The fraction of sp³-hybridized carbons (Fsp3) is 0.733. The Kier molecular flexibility index (Phi) is 10.3. The van der Waals surface area contributed by atoms with Crippen LogP contribution in [-0.2, 0) is 4.43 Å². The van der Waals surface area contributed by atoms with E-state index in [1.54, 1.807) is 0 Å². The van der Waals surface area contributed by atoms with Crippen LogP contribution in [-0.4, -0.2) is 8.32 Å². The zero-order valence-corrected chi connectivity index (χ0v) is 13.2. The highest BCUT2D eigenvalue weighted by molar-refractivity contribution is 6.73. The Morgan fingerprint density at radius 2 is 1.53 bits per heavy atom. The highest BCUT2D eigenvalue weighted by Crippen LogP contribution is 2.21. The molecule has 100 valence electrons. The highest BCUT2D eigenvalue weighted by atomic mass is 28.4. The lowest BCUT2D eigenvalue weighted by Crippen LogP contribution is -2.33. The van der Waals surface area contributed by atoms with E-state index in [-0.39, 0.29) is 0 Å². The van der Waals surface area contributed by atoms with Crippen molar-refractivity contribution in [1.29, 1.82) is 0 Å². The van der Waals surface area contributed by atoms with Gasteiger partial charge in [-0.25, -0.2) is 0 Å². The highest BCUT2D eigenvalue weighted by Gasteiger charge is 2.28. The second-order valence-corrected chi connectivity index (χ2v) is 9.34. The molecule has 0 amide bonds. The molecule has 0 aromatic rings. The summed E-state index contributed by atoms with van der Waals surface area (Å²) >= 11 is 0. The van der Waals surface area contributed by atoms with Gasteiger partial charge in [0.15, 0.2) is 0 Å². The third-order valence-corrected chi connectivity index (χ3v) is 8.05. The van der Waals surface area contributed by atoms with Crippen molar-refractivity contribution in [3.05, 3.63) is 24.5 Å². The van der Waals surface area contributed by atoms with Crippen LogP contribution in [0.25, 0.3) is 0 Å². The number of rotatable bonds is 10. The molecule has 0 unspecified atom stereocenters. The molecule has 2 heteroatoms. The Morgan fingerprint density at radius 1 is 0.882 bits per heavy atom. The van der Waals surface area contributed by atoms with Crippen LogP contribution in [0.3, 0.4) is 0 Å². The molecule has 0 aliphatic rings. The van der Waals surface area contributed by atoms with E-state index >= 15 is 0 Å². The fourth-order valence-electron chi connectivity index (χ4n) is 1.92. The van der Waals surface area contributed by atoms with Gasteiger partial charge in [0, 0.05) is 0 Å². The molecule has 0 aromatic carbocycles. The molecule has 17 heavy (non-hydrogen) atoms. The van der Waals surface area contributed by atoms with Crippen LogP contribution < -0.4 is 0 Å². The van der Waals surface area contributed by atoms with Gasteiger partial charge in [0.05, 0.1) is 6.26 Å². The predicted molar refractivity (Wildman–Crippen MR) is 80.7 cm³/mol. The molecule has 0 atom stereocenters. The second-order valence-electron chi connectivity index (χ2n) is 4.61. The summed E-state index contributed by atoms with van der Waals surface area (Å²) in [5, 5.41) is 0. The maximum atomic E-state index is 6.01. The third-order valence-electron chi connectivity index (χ3n) is 3.55. The van der Waals surface area contributed by atoms with E-state index in [1.807, 2.05) is 6.26 Å². The van der Waals surface area contributed by atoms with Gasteiger partial charge in [-0.3, -0.25) is 0 Å².